The van der Waals surface area contributed by atoms with Crippen molar-refractivity contribution in [2.45, 2.75) is 32.0 Å². The molecule has 0 aromatic heterocycles. The van der Waals surface area contributed by atoms with Crippen molar-refractivity contribution in [1.82, 2.24) is 5.32 Å². The van der Waals surface area contributed by atoms with Gasteiger partial charge >= 0.3 is 6.18 Å². The Balaban J connectivity index is 2.83. The first-order valence-corrected chi connectivity index (χ1v) is 5.83. The fraction of sp³-hybridized carbons (Fsp3) is 0.429. The minimum Gasteiger partial charge on any atom is -0.310 e. The lowest BCUT2D eigenvalue weighted by molar-refractivity contribution is -0.137. The van der Waals surface area contributed by atoms with Crippen molar-refractivity contribution in [2.75, 3.05) is 6.54 Å². The summed E-state index contributed by atoms with van der Waals surface area (Å²) in [5.41, 5.74) is 0.207. The average Bonchev–Trinajstić information content (AvgIpc) is 2.33. The van der Waals surface area contributed by atoms with Crippen molar-refractivity contribution < 1.29 is 13.2 Å². The molecule has 1 N–H and O–H groups in total. The lowest BCUT2D eigenvalue weighted by Crippen LogP contribution is -2.20. The molecule has 1 unspecified atom stereocenters. The average molecular weight is 255 g/mol. The monoisotopic (exact) mass is 255 g/mol. The van der Waals surface area contributed by atoms with Crippen molar-refractivity contribution in [3.05, 3.63) is 35.4 Å². The Morgan fingerprint density at radius 3 is 2.33 bits per heavy atom. The fourth-order valence-corrected chi connectivity index (χ4v) is 1.77. The van der Waals surface area contributed by atoms with E-state index in [-0.39, 0.29) is 6.04 Å². The summed E-state index contributed by atoms with van der Waals surface area (Å²) in [5.74, 6) is 2.54. The van der Waals surface area contributed by atoms with Crippen molar-refractivity contribution in [1.29, 1.82) is 0 Å². The van der Waals surface area contributed by atoms with E-state index in [4.69, 9.17) is 6.42 Å². The smallest absolute Gasteiger partial charge is 0.310 e. The van der Waals surface area contributed by atoms with Crippen LogP contribution in [-0.4, -0.2) is 6.54 Å². The van der Waals surface area contributed by atoms with Gasteiger partial charge in [-0.2, -0.15) is 13.2 Å². The molecule has 18 heavy (non-hydrogen) atoms. The number of hydrogen-bond acceptors (Lipinski definition) is 1. The quantitative estimate of drug-likeness (QED) is 0.790. The van der Waals surface area contributed by atoms with Crippen LogP contribution in [-0.2, 0) is 6.18 Å². The van der Waals surface area contributed by atoms with Gasteiger partial charge < -0.3 is 5.32 Å². The van der Waals surface area contributed by atoms with E-state index in [9.17, 15) is 13.2 Å². The van der Waals surface area contributed by atoms with E-state index >= 15 is 0 Å². The topological polar surface area (TPSA) is 12.0 Å². The van der Waals surface area contributed by atoms with Crippen LogP contribution < -0.4 is 5.32 Å². The molecule has 1 atom stereocenters. The number of alkyl halides is 3. The molecule has 1 nitrogen and oxygen atoms in total. The largest absolute Gasteiger partial charge is 0.416 e. The van der Waals surface area contributed by atoms with Crippen molar-refractivity contribution in [2.24, 2.45) is 0 Å². The molecule has 0 spiro atoms. The maximum atomic E-state index is 12.4. The van der Waals surface area contributed by atoms with E-state index in [2.05, 4.69) is 11.2 Å². The standard InChI is InChI=1S/C14H16F3N/c1-3-5-6-13(18-4-2)11-7-9-12(10-8-11)14(15,16)17/h1,7-10,13,18H,4-6H2,2H3. The Kier molecular flexibility index (Phi) is 5.24. The number of rotatable bonds is 5. The predicted molar refractivity (Wildman–Crippen MR) is 65.9 cm³/mol. The number of nitrogens with one attached hydrogen (secondary N) is 1. The highest BCUT2D eigenvalue weighted by Gasteiger charge is 2.30. The second-order valence-electron chi connectivity index (χ2n) is 3.97. The molecule has 0 aliphatic heterocycles. The van der Waals surface area contributed by atoms with Crippen molar-refractivity contribution >= 4 is 0 Å². The molecule has 0 fully saturated rings. The molecule has 1 aromatic carbocycles. The van der Waals surface area contributed by atoms with Crippen LogP contribution >= 0.6 is 0 Å². The van der Waals surface area contributed by atoms with Crippen LogP contribution in [0.4, 0.5) is 13.2 Å². The third-order valence-corrected chi connectivity index (χ3v) is 2.67. The number of hydrogen-bond donors (Lipinski definition) is 1. The fourth-order valence-electron chi connectivity index (χ4n) is 1.77. The Labute approximate surface area is 105 Å². The molecular weight excluding hydrogens is 239 g/mol. The molecule has 0 amide bonds. The molecule has 0 saturated heterocycles. The summed E-state index contributed by atoms with van der Waals surface area (Å²) in [6.45, 7) is 2.70. The Morgan fingerprint density at radius 1 is 1.28 bits per heavy atom. The first-order chi connectivity index (χ1) is 8.49. The molecule has 1 rings (SSSR count). The lowest BCUT2D eigenvalue weighted by atomic mass is 10.0. The van der Waals surface area contributed by atoms with Gasteiger partial charge in [0.1, 0.15) is 0 Å². The van der Waals surface area contributed by atoms with Crippen LogP contribution in [0.5, 0.6) is 0 Å². The van der Waals surface area contributed by atoms with E-state index in [0.717, 1.165) is 30.7 Å². The molecule has 0 aliphatic rings. The summed E-state index contributed by atoms with van der Waals surface area (Å²) in [4.78, 5) is 0. The van der Waals surface area contributed by atoms with E-state index < -0.39 is 11.7 Å². The molecular formula is C14H16F3N. The van der Waals surface area contributed by atoms with Gasteiger partial charge in [-0.25, -0.2) is 0 Å². The first kappa shape index (κ1) is 14.6. The molecule has 0 aliphatic carbocycles. The van der Waals surface area contributed by atoms with Crippen molar-refractivity contribution in [3.63, 3.8) is 0 Å². The molecule has 98 valence electrons. The van der Waals surface area contributed by atoms with E-state index in [0.29, 0.717) is 6.42 Å². The molecule has 4 heteroatoms. The third-order valence-electron chi connectivity index (χ3n) is 2.67. The van der Waals surface area contributed by atoms with E-state index in [1.165, 1.54) is 12.1 Å². The highest BCUT2D eigenvalue weighted by atomic mass is 19.4. The van der Waals surface area contributed by atoms with Gasteiger partial charge in [0.05, 0.1) is 5.56 Å². The van der Waals surface area contributed by atoms with E-state index in [1.54, 1.807) is 0 Å². The van der Waals surface area contributed by atoms with E-state index in [1.807, 2.05) is 6.92 Å². The van der Waals surface area contributed by atoms with Gasteiger partial charge in [0.25, 0.3) is 0 Å². The zero-order valence-corrected chi connectivity index (χ0v) is 10.2. The van der Waals surface area contributed by atoms with Crippen LogP contribution in [0.25, 0.3) is 0 Å². The Bertz CT molecular complexity index is 401. The third kappa shape index (κ3) is 4.08. The van der Waals surface area contributed by atoms with Crippen LogP contribution in [0.2, 0.25) is 0 Å². The zero-order chi connectivity index (χ0) is 13.6. The Morgan fingerprint density at radius 2 is 1.89 bits per heavy atom. The zero-order valence-electron chi connectivity index (χ0n) is 10.2. The van der Waals surface area contributed by atoms with Gasteiger partial charge in [0, 0.05) is 12.5 Å². The van der Waals surface area contributed by atoms with Gasteiger partial charge in [-0.1, -0.05) is 19.1 Å². The number of halogens is 3. The molecule has 0 heterocycles. The first-order valence-electron chi connectivity index (χ1n) is 5.83. The minimum absolute atomic E-state index is 0.00772. The SMILES string of the molecule is C#CCCC(NCC)c1ccc(C(F)(F)F)cc1. The van der Waals surface area contributed by atoms with Gasteiger partial charge in [-0.05, 0) is 30.7 Å². The summed E-state index contributed by atoms with van der Waals surface area (Å²) in [7, 11) is 0. The maximum absolute atomic E-state index is 12.4. The normalized spacial score (nSPS) is 13.1. The molecule has 0 saturated carbocycles. The number of terminal acetylenes is 1. The van der Waals surface area contributed by atoms with Crippen LogP contribution in [0.1, 0.15) is 36.9 Å². The maximum Gasteiger partial charge on any atom is 0.416 e. The van der Waals surface area contributed by atoms with Crippen molar-refractivity contribution in [3.8, 4) is 12.3 Å². The highest BCUT2D eigenvalue weighted by Crippen LogP contribution is 2.30. The second kappa shape index (κ2) is 6.46. The molecule has 1 aromatic rings. The van der Waals surface area contributed by atoms with Gasteiger partial charge in [-0.15, -0.1) is 12.3 Å². The van der Waals surface area contributed by atoms with Crippen LogP contribution in [0.15, 0.2) is 24.3 Å². The summed E-state index contributed by atoms with van der Waals surface area (Å²) in [5, 5.41) is 3.22. The summed E-state index contributed by atoms with van der Waals surface area (Å²) >= 11 is 0. The highest BCUT2D eigenvalue weighted by molar-refractivity contribution is 5.27. The van der Waals surface area contributed by atoms with Gasteiger partial charge in [-0.3, -0.25) is 0 Å². The van der Waals surface area contributed by atoms with Gasteiger partial charge in [0.2, 0.25) is 0 Å². The molecule has 0 bridgehead atoms. The summed E-state index contributed by atoms with van der Waals surface area (Å²) in [6.07, 6.45) is 2.23. The van der Waals surface area contributed by atoms with Crippen LogP contribution in [0, 0.1) is 12.3 Å². The molecule has 0 radical (unpaired) electrons. The predicted octanol–water partition coefficient (Wildman–Crippen LogP) is 3.77. The summed E-state index contributed by atoms with van der Waals surface area (Å²) < 4.78 is 37.3. The Hall–Kier alpha value is -1.47. The van der Waals surface area contributed by atoms with Crippen LogP contribution in [0.3, 0.4) is 0 Å². The lowest BCUT2D eigenvalue weighted by Gasteiger charge is -2.18. The summed E-state index contributed by atoms with van der Waals surface area (Å²) in [6, 6.07) is 5.23. The second-order valence-corrected chi connectivity index (χ2v) is 3.97. The number of benzene rings is 1. The van der Waals surface area contributed by atoms with Gasteiger partial charge in [0.15, 0.2) is 0 Å². The minimum atomic E-state index is -4.29.